The third-order valence-electron chi connectivity index (χ3n) is 24.9. The van der Waals surface area contributed by atoms with Crippen LogP contribution in [0.4, 0.5) is 0 Å². The van der Waals surface area contributed by atoms with E-state index in [-0.39, 0.29) is 45.6 Å². The van der Waals surface area contributed by atoms with Crippen molar-refractivity contribution in [3.63, 3.8) is 0 Å². The molecule has 0 saturated heterocycles. The van der Waals surface area contributed by atoms with Gasteiger partial charge < -0.3 is 18.1 Å². The van der Waals surface area contributed by atoms with Crippen LogP contribution in [-0.4, -0.2) is 60.2 Å². The minimum absolute atomic E-state index is 0. The number of furan rings is 1. The molecular formula is C122H107Ge2Ir2N7O-4. The zero-order valence-electron chi connectivity index (χ0n) is 78.1. The Bertz CT molecular complexity index is 7840. The van der Waals surface area contributed by atoms with Crippen LogP contribution in [-0.2, 0) is 58.5 Å². The summed E-state index contributed by atoms with van der Waals surface area (Å²) in [4.78, 5) is 20.2. The van der Waals surface area contributed by atoms with Crippen LogP contribution in [0.5, 0.6) is 0 Å². The fourth-order valence-corrected chi connectivity index (χ4v) is 25.4. The summed E-state index contributed by atoms with van der Waals surface area (Å²) in [5, 5.41) is 9.20. The number of nitrogens with zero attached hydrogens (tertiary/aromatic N) is 7. The smallest absolute Gasteiger partial charge is 0.120 e. The van der Waals surface area contributed by atoms with E-state index in [1.807, 2.05) is 54.6 Å². The molecule has 0 aliphatic heterocycles. The summed E-state index contributed by atoms with van der Waals surface area (Å²) >= 11 is -3.72. The Balaban J connectivity index is 0.000000133. The molecule has 0 fully saturated rings. The van der Waals surface area contributed by atoms with Crippen LogP contribution in [0.3, 0.4) is 0 Å². The largest absolute Gasteiger partial charge is 0.500 e. The Morgan fingerprint density at radius 3 is 1.46 bits per heavy atom. The second kappa shape index (κ2) is 39.8. The number of imidazole rings is 2. The maximum Gasteiger partial charge on any atom is 0.120 e. The van der Waals surface area contributed by atoms with E-state index in [2.05, 4.69) is 443 Å². The van der Waals surface area contributed by atoms with Crippen molar-refractivity contribution in [1.29, 1.82) is 0 Å². The molecule has 134 heavy (non-hydrogen) atoms. The molecule has 8 nitrogen and oxygen atoms in total. The number of fused-ring (bicyclic) bond motifs is 11. The van der Waals surface area contributed by atoms with Crippen molar-refractivity contribution in [3.05, 3.63) is 417 Å². The first-order valence-electron chi connectivity index (χ1n) is 46.1. The Labute approximate surface area is 819 Å². The van der Waals surface area contributed by atoms with Crippen molar-refractivity contribution in [1.82, 2.24) is 33.6 Å². The fourth-order valence-electron chi connectivity index (χ4n) is 18.7. The molecule has 0 spiro atoms. The van der Waals surface area contributed by atoms with Crippen LogP contribution < -0.4 is 8.79 Å². The third kappa shape index (κ3) is 19.4. The molecule has 0 atom stereocenters. The quantitative estimate of drug-likeness (QED) is 0.0711. The van der Waals surface area contributed by atoms with Gasteiger partial charge in [0.05, 0.1) is 45.0 Å². The van der Waals surface area contributed by atoms with Crippen molar-refractivity contribution >= 4 is 123 Å². The number of hydrogen-bond donors (Lipinski definition) is 0. The summed E-state index contributed by atoms with van der Waals surface area (Å²) in [6.45, 7) is 16.0. The van der Waals surface area contributed by atoms with E-state index in [9.17, 15) is 0 Å². The second-order valence-electron chi connectivity index (χ2n) is 38.4. The van der Waals surface area contributed by atoms with Gasteiger partial charge in [-0.3, -0.25) is 9.97 Å². The van der Waals surface area contributed by atoms with Crippen molar-refractivity contribution in [2.24, 2.45) is 11.8 Å². The Morgan fingerprint density at radius 2 is 0.866 bits per heavy atom. The topological polar surface area (TPSA) is 79.5 Å². The molecule has 0 aliphatic carbocycles. The molecule has 0 saturated carbocycles. The number of para-hydroxylation sites is 4. The zero-order valence-corrected chi connectivity index (χ0v) is 87.1. The van der Waals surface area contributed by atoms with E-state index in [0.717, 1.165) is 141 Å². The third-order valence-corrected chi connectivity index (χ3v) is 33.6. The number of rotatable bonds is 16. The number of aromatic nitrogens is 7. The maximum absolute atomic E-state index is 6.15. The molecule has 16 aromatic carbocycles. The summed E-state index contributed by atoms with van der Waals surface area (Å²) in [6, 6.07) is 142. The number of pyridine rings is 2. The first-order chi connectivity index (χ1) is 64.0. The van der Waals surface area contributed by atoms with Crippen molar-refractivity contribution in [2.45, 2.75) is 101 Å². The van der Waals surface area contributed by atoms with Gasteiger partial charge in [0.25, 0.3) is 0 Å². The van der Waals surface area contributed by atoms with Gasteiger partial charge in [-0.05, 0) is 115 Å². The van der Waals surface area contributed by atoms with Crippen molar-refractivity contribution in [2.75, 3.05) is 0 Å². The SMILES string of the molecule is CC(C)(C)c1cccc(-c2ccccc2)c1-n1c(-c2[c-]cc3c(c2)c2ccccc2n3-c2ccccc2)nc2cc3ccccc3cc21.CC(C)Cc1cc(-c2[c-]cccc2)nc[c]1[Ge]([CH3])([CH3])[CH3].CC(C)Cc1cc(-c2[c-]cccc2)nc[c]1[Ge]([CH3])([CH3])[CH3].[Ir].[Ir].[c-]1cc2oc3ccccc3c2cc1-c1nc2c3ccccc3ccc2n1-c1ccc(-c2ccccc2)cc1-c1ccccc1. The van der Waals surface area contributed by atoms with Gasteiger partial charge in [0.15, 0.2) is 0 Å². The minimum Gasteiger partial charge on any atom is -0.500 e. The molecule has 666 valence electrons. The standard InChI is InChI=1S/C45H34N3.C41H25N2O.2C18H24GeN.2Ir/c1-45(2,3)38-23-14-22-35(30-15-6-4-7-16-30)43(38)48-42-29-32-18-11-10-17-31(32)28-39(42)46-44(48)33-25-26-41-37(27-33)36-21-12-13-24-40(36)47(41)34-19-8-5-9-20-34;1-3-11-27(12-4-1)30-20-22-36(34(25-30)28-13-5-2-6-14-28)43-37-23-19-29-15-7-8-16-32(29)40(37)42-41(43)31-21-24-39-35(26-31)33-17-9-10-18-38(33)44-39;2*1-14(2)11-16-12-18(15-9-7-6-8-10-15)20-13-17(16)19(3,4)5;;/h4-24,26-29H,1-3H3;1-20,22-26H;2*6-9,12-14H,11H2,1-5H3;;/q4*-1;;. The van der Waals surface area contributed by atoms with Crippen molar-refractivity contribution < 1.29 is 44.6 Å². The van der Waals surface area contributed by atoms with E-state index >= 15 is 0 Å². The van der Waals surface area contributed by atoms with E-state index < -0.39 is 26.5 Å². The van der Waals surface area contributed by atoms with Gasteiger partial charge >= 0.3 is 251 Å². The molecule has 22 aromatic rings. The van der Waals surface area contributed by atoms with Crippen LogP contribution in [0.2, 0.25) is 34.5 Å². The van der Waals surface area contributed by atoms with Gasteiger partial charge in [0.2, 0.25) is 0 Å². The van der Waals surface area contributed by atoms with E-state index in [1.54, 1.807) is 8.79 Å². The molecule has 12 heteroatoms. The zero-order chi connectivity index (χ0) is 90.9. The summed E-state index contributed by atoms with van der Waals surface area (Å²) in [5.41, 5.74) is 28.7. The van der Waals surface area contributed by atoms with Gasteiger partial charge in [-0.2, -0.15) is 0 Å². The average Bonchev–Trinajstić information content (AvgIpc) is 1.56. The minimum atomic E-state index is -1.86. The van der Waals surface area contributed by atoms with Gasteiger partial charge in [-0.15, -0.1) is 47.5 Å². The molecule has 0 unspecified atom stereocenters. The summed E-state index contributed by atoms with van der Waals surface area (Å²) in [5.74, 6) is 17.7. The first-order valence-corrected chi connectivity index (χ1v) is 60.7. The van der Waals surface area contributed by atoms with Crippen molar-refractivity contribution in [3.8, 4) is 95.7 Å². The summed E-state index contributed by atoms with van der Waals surface area (Å²) < 4.78 is 16.3. The molecule has 0 N–H and O–H groups in total. The molecule has 2 radical (unpaired) electrons. The van der Waals surface area contributed by atoms with Crippen LogP contribution in [0.1, 0.15) is 65.2 Å². The Kier molecular flexibility index (Phi) is 27.7. The van der Waals surface area contributed by atoms with E-state index in [4.69, 9.17) is 24.4 Å². The van der Waals surface area contributed by atoms with Crippen LogP contribution in [0.15, 0.2) is 381 Å². The number of benzene rings is 16. The number of hydrogen-bond acceptors (Lipinski definition) is 5. The molecule has 6 heterocycles. The average molecular weight is 2220 g/mol. The van der Waals surface area contributed by atoms with Crippen LogP contribution in [0.25, 0.3) is 183 Å². The van der Waals surface area contributed by atoms with Gasteiger partial charge in [0, 0.05) is 79.0 Å². The monoisotopic (exact) mass is 2220 g/mol. The predicted molar refractivity (Wildman–Crippen MR) is 562 cm³/mol. The van der Waals surface area contributed by atoms with Gasteiger partial charge in [-0.25, -0.2) is 0 Å². The molecule has 6 aromatic heterocycles. The molecular weight excluding hydrogens is 2110 g/mol. The predicted octanol–water partition coefficient (Wildman–Crippen LogP) is 31.2. The molecule has 0 aliphatic rings. The Morgan fingerprint density at radius 1 is 0.351 bits per heavy atom. The summed E-state index contributed by atoms with van der Waals surface area (Å²) in [6.07, 6.45) is 6.54. The van der Waals surface area contributed by atoms with E-state index in [1.165, 1.54) is 71.4 Å². The molecule has 0 bridgehead atoms. The van der Waals surface area contributed by atoms with Gasteiger partial charge in [-0.1, -0.05) is 256 Å². The van der Waals surface area contributed by atoms with Crippen LogP contribution in [0, 0.1) is 36.1 Å². The molecule has 0 amide bonds. The molecule has 22 rings (SSSR count). The first kappa shape index (κ1) is 93.1. The van der Waals surface area contributed by atoms with Gasteiger partial charge in [0.1, 0.15) is 5.58 Å². The maximum atomic E-state index is 6.15. The fraction of sp³-hybridized carbons (Fsp3) is 0.148. The Hall–Kier alpha value is -12.7. The van der Waals surface area contributed by atoms with E-state index in [0.29, 0.717) is 11.8 Å². The van der Waals surface area contributed by atoms with Crippen LogP contribution >= 0.6 is 0 Å². The normalized spacial score (nSPS) is 11.7. The summed E-state index contributed by atoms with van der Waals surface area (Å²) in [7, 11) is 0. The second-order valence-corrected chi connectivity index (χ2v) is 59.6.